The highest BCUT2D eigenvalue weighted by atomic mass is 19.1. The summed E-state index contributed by atoms with van der Waals surface area (Å²) in [6.45, 7) is 13.7. The summed E-state index contributed by atoms with van der Waals surface area (Å²) in [5, 5.41) is 49.0. The van der Waals surface area contributed by atoms with Crippen LogP contribution in [-0.4, -0.2) is 165 Å². The Morgan fingerprint density at radius 3 is 0.897 bits per heavy atom. The summed E-state index contributed by atoms with van der Waals surface area (Å²) >= 11 is 0. The summed E-state index contributed by atoms with van der Waals surface area (Å²) in [5.74, 6) is 5.60. The van der Waals surface area contributed by atoms with Crippen molar-refractivity contribution in [2.24, 2.45) is 57.4 Å². The van der Waals surface area contributed by atoms with Gasteiger partial charge in [-0.3, -0.25) is 0 Å². The summed E-state index contributed by atoms with van der Waals surface area (Å²) in [7, 11) is 7.16. The lowest BCUT2D eigenvalue weighted by atomic mass is 9.60. The third-order valence-corrected chi connectivity index (χ3v) is 29.4. The molecule has 12 N–H and O–H groups in total. The minimum Gasteiger partial charge on any atom is -0.423 e. The topological polar surface area (TPSA) is 452 Å². The quantitative estimate of drug-likeness (QED) is 0.0416. The van der Waals surface area contributed by atoms with E-state index in [1.807, 2.05) is 0 Å². The average Bonchev–Trinajstić information content (AvgIpc) is 1.44. The summed E-state index contributed by atoms with van der Waals surface area (Å²) in [6.07, 6.45) is 14.6. The smallest absolute Gasteiger partial charge is 0.324 e. The van der Waals surface area contributed by atoms with E-state index in [1.54, 1.807) is 104 Å². The van der Waals surface area contributed by atoms with Crippen LogP contribution in [0.4, 0.5) is 63.6 Å². The van der Waals surface area contributed by atoms with E-state index in [1.165, 1.54) is 49.1 Å². The molecule has 0 amide bonds. The van der Waals surface area contributed by atoms with Gasteiger partial charge in [0.2, 0.25) is 0 Å². The molecule has 8 atom stereocenters. The van der Waals surface area contributed by atoms with Gasteiger partial charge in [-0.15, -0.1) is 0 Å². The molecule has 5 unspecified atom stereocenters. The van der Waals surface area contributed by atoms with Crippen molar-refractivity contribution in [2.75, 3.05) is 121 Å². The molecule has 8 aromatic heterocycles. The second-order valence-corrected chi connectivity index (χ2v) is 37.6. The van der Waals surface area contributed by atoms with Gasteiger partial charge in [-0.05, 0) is 229 Å². The molecule has 36 heteroatoms. The Kier molecular flexibility index (Phi) is 22.0. The molecule has 136 heavy (non-hydrogen) atoms. The Morgan fingerprint density at radius 1 is 0.360 bits per heavy atom. The fourth-order valence-corrected chi connectivity index (χ4v) is 21.8. The molecule has 4 saturated heterocycles. The minimum atomic E-state index is -0.307. The standard InChI is InChI=1S/4C25H24FN7O/c2*1-12-3-15(9-30-22(12)8-27)34-25-31-21-7-16-17(5-14(26)6-20(16)29-2)23(21)24(32-25)33-10-13-4-19(28)18(13)11-33;1-13-5-15(10-30-20(13)9-27)34-24-31-19-8-16-17(6-14(26)7-18(16)29-2)22(19)23(32-24)33-11-21(28)25(12-33)3-4-25;1-13-5-15(10-30-20(13)9-27)34-24-31-19-8-16-17(6-14(26)7-18(16)29-2)22(19)23(32-24)33-11-25(12-33)4-3-21(25)28/h2*3,5-6,9,13,18-19,29H,4,7,10-11,28H2,1-2H3;2*5-7,10,21,29H,3-4,8,11-12,28H2,1-2H3/t13?,18?,19-;;2*21-/m1.01/s1. The largest absolute Gasteiger partial charge is 0.423 e. The number of aromatic nitrogens is 12. The van der Waals surface area contributed by atoms with Gasteiger partial charge in [0.25, 0.3) is 0 Å². The Labute approximate surface area is 781 Å². The van der Waals surface area contributed by atoms with Crippen LogP contribution in [0.2, 0.25) is 0 Å². The number of nitrogens with one attached hydrogen (secondary N) is 4. The SMILES string of the molecule is CNc1cc(F)cc2c1Cc1nc(Oc3cnc(C#N)c(C)c3)nc(N3CC4(CC[C@H]4N)C3)c1-2.CNc1cc(F)cc2c1Cc1nc(Oc3cnc(C#N)c(C)c3)nc(N3CC4CC(N)C4C3)c1-2.CNc1cc(F)cc2c1Cc1nc(Oc3cnc(C#N)c(C)c3)nc(N3CC4C[C@@H](N)C4C3)c1-2.CNc1cc(F)cc2c1Cc1nc(Oc3cnc(C#N)c(C)c3)nc(N3C[C@H](N)C4(CC4)C3)c1-2. The molecular formula is C100H96F4N28O4. The van der Waals surface area contributed by atoms with Gasteiger partial charge in [-0.25, -0.2) is 37.5 Å². The number of hydrogen-bond acceptors (Lipinski definition) is 32. The van der Waals surface area contributed by atoms with Crippen molar-refractivity contribution < 1.29 is 36.5 Å². The van der Waals surface area contributed by atoms with Crippen LogP contribution in [0, 0.1) is 131 Å². The molecule has 12 aliphatic rings. The van der Waals surface area contributed by atoms with E-state index in [9.17, 15) is 17.6 Å². The van der Waals surface area contributed by atoms with E-state index in [0.717, 1.165) is 220 Å². The van der Waals surface area contributed by atoms with Crippen molar-refractivity contribution in [3.8, 4) is 116 Å². The molecule has 12 aromatic rings. The predicted octanol–water partition coefficient (Wildman–Crippen LogP) is 13.8. The first-order valence-electron chi connectivity index (χ1n) is 45.6. The molecule has 4 aromatic carbocycles. The van der Waals surface area contributed by atoms with Crippen LogP contribution in [0.25, 0.3) is 44.5 Å². The van der Waals surface area contributed by atoms with Crippen LogP contribution < -0.4 is 82.7 Å². The van der Waals surface area contributed by atoms with Crippen LogP contribution >= 0.6 is 0 Å². The first-order valence-corrected chi connectivity index (χ1v) is 45.6. The zero-order chi connectivity index (χ0) is 94.3. The summed E-state index contributed by atoms with van der Waals surface area (Å²) in [6, 6.07) is 29.1. The third kappa shape index (κ3) is 15.5. The number of halogens is 4. The molecule has 688 valence electrons. The highest BCUT2D eigenvalue weighted by molar-refractivity contribution is 5.92. The van der Waals surface area contributed by atoms with Crippen LogP contribution in [0.15, 0.2) is 97.6 Å². The number of ether oxygens (including phenoxy) is 4. The number of anilines is 8. The molecule has 0 bridgehead atoms. The fourth-order valence-electron chi connectivity index (χ4n) is 21.8. The molecule has 0 radical (unpaired) electrons. The lowest BCUT2D eigenvalue weighted by Gasteiger charge is -2.60. The van der Waals surface area contributed by atoms with Gasteiger partial charge in [0.1, 0.15) is 117 Å². The molecule has 32 nitrogen and oxygen atoms in total. The number of hydrogen-bond donors (Lipinski definition) is 8. The number of pyridine rings is 4. The van der Waals surface area contributed by atoms with Crippen molar-refractivity contribution in [1.82, 2.24) is 59.8 Å². The van der Waals surface area contributed by atoms with E-state index in [-0.39, 0.29) is 82.3 Å². The molecule has 4 saturated carbocycles. The van der Waals surface area contributed by atoms with E-state index < -0.39 is 0 Å². The highest BCUT2D eigenvalue weighted by Crippen LogP contribution is 2.58. The van der Waals surface area contributed by atoms with Crippen LogP contribution in [0.5, 0.6) is 47.0 Å². The Balaban J connectivity index is 0.000000108. The lowest BCUT2D eigenvalue weighted by molar-refractivity contribution is 0.0558. The summed E-state index contributed by atoms with van der Waals surface area (Å²) in [4.78, 5) is 63.5. The molecule has 24 rings (SSSR count). The van der Waals surface area contributed by atoms with Crippen LogP contribution in [0.3, 0.4) is 0 Å². The monoisotopic (exact) mass is 1830 g/mol. The average molecular weight is 1830 g/mol. The zero-order valence-electron chi connectivity index (χ0n) is 76.0. The van der Waals surface area contributed by atoms with Crippen LogP contribution in [0.1, 0.15) is 129 Å². The first-order chi connectivity index (χ1) is 65.7. The lowest BCUT2D eigenvalue weighted by Crippen LogP contribution is -2.69. The van der Waals surface area contributed by atoms with Gasteiger partial charge < -0.3 is 82.7 Å². The van der Waals surface area contributed by atoms with Crippen molar-refractivity contribution in [3.63, 3.8) is 0 Å². The Morgan fingerprint density at radius 2 is 0.654 bits per heavy atom. The summed E-state index contributed by atoms with van der Waals surface area (Å²) in [5.41, 5.74) is 46.7. The summed E-state index contributed by atoms with van der Waals surface area (Å²) < 4.78 is 82.0. The number of fused-ring (bicyclic) bond motifs is 14. The Bertz CT molecular complexity index is 6960. The minimum absolute atomic E-state index is 0.0779. The van der Waals surface area contributed by atoms with Gasteiger partial charge in [-0.1, -0.05) is 0 Å². The van der Waals surface area contributed by atoms with Gasteiger partial charge in [0.05, 0.1) is 47.6 Å². The molecule has 2 spiro atoms. The fraction of sp³-hybridized carbons (Fsp3) is 0.360. The molecule has 12 heterocycles. The normalized spacial score (nSPS) is 20.4. The van der Waals surface area contributed by atoms with E-state index in [2.05, 4.69) is 85.1 Å². The third-order valence-electron chi connectivity index (χ3n) is 29.4. The maximum atomic E-state index is 14.5. The zero-order valence-corrected chi connectivity index (χ0v) is 76.0. The van der Waals surface area contributed by atoms with Crippen molar-refractivity contribution in [2.45, 2.75) is 116 Å². The predicted molar refractivity (Wildman–Crippen MR) is 501 cm³/mol. The van der Waals surface area contributed by atoms with E-state index in [0.29, 0.717) is 124 Å². The molecule has 8 aliphatic carbocycles. The van der Waals surface area contributed by atoms with Gasteiger partial charge in [-0.2, -0.15) is 60.9 Å². The van der Waals surface area contributed by atoms with Gasteiger partial charge in [0.15, 0.2) is 0 Å². The van der Waals surface area contributed by atoms with E-state index >= 15 is 0 Å². The molecular weight excluding hydrogens is 1730 g/mol. The second kappa shape index (κ2) is 34.1. The number of benzene rings is 4. The first kappa shape index (κ1) is 87.6. The Hall–Kier alpha value is -15.1. The maximum absolute atomic E-state index is 14.5. The molecule has 8 fully saturated rings. The van der Waals surface area contributed by atoms with E-state index in [4.69, 9.17) is 103 Å². The number of nitrogens with zero attached hydrogens (tertiary/aromatic N) is 20. The van der Waals surface area contributed by atoms with Gasteiger partial charge >= 0.3 is 24.0 Å². The number of nitrogens with two attached hydrogens (primary N) is 4. The number of aryl methyl sites for hydroxylation is 4. The van der Waals surface area contributed by atoms with Gasteiger partial charge in [0, 0.05) is 186 Å². The van der Waals surface area contributed by atoms with Crippen molar-refractivity contribution in [1.29, 1.82) is 21.0 Å². The van der Waals surface area contributed by atoms with Crippen molar-refractivity contribution in [3.05, 3.63) is 211 Å². The van der Waals surface area contributed by atoms with Crippen LogP contribution in [-0.2, 0) is 25.7 Å². The highest BCUT2D eigenvalue weighted by Gasteiger charge is 2.57. The number of rotatable bonds is 16. The second-order valence-electron chi connectivity index (χ2n) is 37.6. The number of nitriles is 4. The maximum Gasteiger partial charge on any atom is 0.324 e. The van der Waals surface area contributed by atoms with Crippen molar-refractivity contribution >= 4 is 46.0 Å². The molecule has 4 aliphatic heterocycles.